The number of benzene rings is 2. The first-order valence-electron chi connectivity index (χ1n) is 18.2. The van der Waals surface area contributed by atoms with E-state index in [2.05, 4.69) is 137 Å². The second-order valence-electron chi connectivity index (χ2n) is 16.1. The van der Waals surface area contributed by atoms with Crippen LogP contribution in [0.1, 0.15) is 121 Å². The Kier molecular flexibility index (Phi) is 7.92. The topological polar surface area (TPSA) is 25.6 Å². The van der Waals surface area contributed by atoms with Gasteiger partial charge in [0.15, 0.2) is 17.9 Å². The number of nitrogens with zero attached hydrogens (tertiary/aromatic N) is 4. The predicted molar refractivity (Wildman–Crippen MR) is 194 cm³/mol. The molecule has 5 aromatic rings. The summed E-state index contributed by atoms with van der Waals surface area (Å²) in [6.07, 6.45) is 10.7. The fraction of sp³-hybridized carbons (Fsp3) is 0.465. The smallest absolute Gasteiger partial charge is 0.230 e. The molecule has 48 heavy (non-hydrogen) atoms. The first kappa shape index (κ1) is 32.7. The molecule has 250 valence electrons. The van der Waals surface area contributed by atoms with E-state index in [-0.39, 0.29) is 22.7 Å². The molecule has 5 heteroatoms. The molecule has 0 amide bonds. The molecule has 0 spiro atoms. The normalized spacial score (nSPS) is 17.5. The van der Waals surface area contributed by atoms with Gasteiger partial charge in [-0.25, -0.2) is 4.39 Å². The van der Waals surface area contributed by atoms with Gasteiger partial charge < -0.3 is 0 Å². The maximum Gasteiger partial charge on any atom is 0.230 e. The highest BCUT2D eigenvalue weighted by molar-refractivity contribution is 6.01. The zero-order valence-corrected chi connectivity index (χ0v) is 30.5. The summed E-state index contributed by atoms with van der Waals surface area (Å²) in [6, 6.07) is 19.7. The van der Waals surface area contributed by atoms with Crippen LogP contribution < -0.4 is 9.13 Å². The van der Waals surface area contributed by atoms with Gasteiger partial charge in [0.1, 0.15) is 18.6 Å². The fourth-order valence-corrected chi connectivity index (χ4v) is 8.90. The number of pyridine rings is 2. The van der Waals surface area contributed by atoms with Crippen LogP contribution in [0.5, 0.6) is 0 Å². The lowest BCUT2D eigenvalue weighted by molar-refractivity contribution is -0.756. The fourth-order valence-electron chi connectivity index (χ4n) is 8.90. The number of hydrogen-bond donors (Lipinski definition) is 0. The molecule has 4 nitrogen and oxygen atoms in total. The van der Waals surface area contributed by atoms with Crippen LogP contribution in [-0.4, -0.2) is 9.78 Å². The Labute approximate surface area is 286 Å². The molecular formula is C43H53FN4+2. The summed E-state index contributed by atoms with van der Waals surface area (Å²) in [5.74, 6) is 0.0353. The van der Waals surface area contributed by atoms with E-state index in [0.717, 1.165) is 73.3 Å². The van der Waals surface area contributed by atoms with Gasteiger partial charge in [-0.3, -0.25) is 4.68 Å². The summed E-state index contributed by atoms with van der Waals surface area (Å²) >= 11 is 0. The minimum atomic E-state index is -0.480. The maximum absolute atomic E-state index is 16.6. The lowest BCUT2D eigenvalue weighted by atomic mass is 9.67. The summed E-state index contributed by atoms with van der Waals surface area (Å²) in [6.45, 7) is 18.8. The van der Waals surface area contributed by atoms with E-state index in [4.69, 9.17) is 5.10 Å². The summed E-state index contributed by atoms with van der Waals surface area (Å²) in [4.78, 5) is 0. The van der Waals surface area contributed by atoms with E-state index in [0.29, 0.717) is 0 Å². The number of aryl methyl sites for hydroxylation is 2. The summed E-state index contributed by atoms with van der Waals surface area (Å²) in [7, 11) is 2.11. The van der Waals surface area contributed by atoms with E-state index in [1.54, 1.807) is 6.07 Å². The SMILES string of the molecule is CCCCc1cc2c3c4[n+](ccc3c1)C(CC)(CC)CC(Cn1nc(C(C)(C)C)cc1-c1cccc[n+]1C)c1ccc(F)c(c1-4)C2(C)C. The van der Waals surface area contributed by atoms with Crippen LogP contribution in [0, 0.1) is 5.82 Å². The van der Waals surface area contributed by atoms with Gasteiger partial charge in [-0.15, -0.1) is 0 Å². The van der Waals surface area contributed by atoms with Crippen molar-refractivity contribution in [3.05, 3.63) is 101 Å². The number of halogens is 1. The number of hydrogen-bond acceptors (Lipinski definition) is 1. The summed E-state index contributed by atoms with van der Waals surface area (Å²) in [5, 5.41) is 7.91. The highest BCUT2D eigenvalue weighted by Gasteiger charge is 2.50. The Morgan fingerprint density at radius 3 is 2.44 bits per heavy atom. The van der Waals surface area contributed by atoms with E-state index in [1.807, 2.05) is 0 Å². The molecule has 0 saturated heterocycles. The second-order valence-corrected chi connectivity index (χ2v) is 16.1. The zero-order chi connectivity index (χ0) is 34.2. The molecule has 3 aromatic heterocycles. The second kappa shape index (κ2) is 11.6. The van der Waals surface area contributed by atoms with Crippen molar-refractivity contribution in [3.8, 4) is 22.6 Å². The van der Waals surface area contributed by atoms with Crippen LogP contribution in [0.3, 0.4) is 0 Å². The van der Waals surface area contributed by atoms with Crippen molar-refractivity contribution in [3.63, 3.8) is 0 Å². The average molecular weight is 645 g/mol. The molecule has 1 atom stereocenters. The maximum atomic E-state index is 16.6. The van der Waals surface area contributed by atoms with Crippen LogP contribution >= 0.6 is 0 Å². The summed E-state index contributed by atoms with van der Waals surface area (Å²) < 4.78 is 23.6. The van der Waals surface area contributed by atoms with Gasteiger partial charge in [-0.2, -0.15) is 14.2 Å². The van der Waals surface area contributed by atoms with E-state index >= 15 is 4.39 Å². The Bertz CT molecular complexity index is 2040. The Morgan fingerprint density at radius 1 is 0.979 bits per heavy atom. The highest BCUT2D eigenvalue weighted by atomic mass is 19.1. The molecule has 2 aromatic carbocycles. The van der Waals surface area contributed by atoms with Gasteiger partial charge in [-0.1, -0.05) is 80.0 Å². The largest absolute Gasteiger partial charge is 0.258 e. The molecule has 0 fully saturated rings. The molecule has 7 rings (SSSR count). The lowest BCUT2D eigenvalue weighted by Gasteiger charge is -2.36. The predicted octanol–water partition coefficient (Wildman–Crippen LogP) is 9.60. The molecule has 0 N–H and O–H groups in total. The van der Waals surface area contributed by atoms with E-state index < -0.39 is 5.41 Å². The van der Waals surface area contributed by atoms with Crippen LogP contribution in [0.25, 0.3) is 33.4 Å². The first-order valence-corrected chi connectivity index (χ1v) is 18.2. The molecule has 4 heterocycles. The minimum absolute atomic E-state index is 0.0934. The van der Waals surface area contributed by atoms with Crippen molar-refractivity contribution in [1.82, 2.24) is 9.78 Å². The van der Waals surface area contributed by atoms with Gasteiger partial charge >= 0.3 is 0 Å². The van der Waals surface area contributed by atoms with Gasteiger partial charge in [0, 0.05) is 66.3 Å². The third-order valence-corrected chi connectivity index (χ3v) is 11.8. The quantitative estimate of drug-likeness (QED) is 0.155. The molecule has 1 unspecified atom stereocenters. The molecule has 0 radical (unpaired) electrons. The molecule has 0 bridgehead atoms. The van der Waals surface area contributed by atoms with Crippen molar-refractivity contribution in [1.29, 1.82) is 0 Å². The molecule has 2 aliphatic rings. The Morgan fingerprint density at radius 2 is 1.75 bits per heavy atom. The van der Waals surface area contributed by atoms with Crippen LogP contribution in [0.15, 0.2) is 67.0 Å². The minimum Gasteiger partial charge on any atom is -0.258 e. The third-order valence-electron chi connectivity index (χ3n) is 11.8. The van der Waals surface area contributed by atoms with E-state index in [9.17, 15) is 0 Å². The van der Waals surface area contributed by atoms with Crippen LogP contribution in [-0.2, 0) is 36.4 Å². The van der Waals surface area contributed by atoms with Gasteiger partial charge in [0.05, 0.1) is 16.6 Å². The number of aromatic nitrogens is 4. The number of rotatable bonds is 8. The monoisotopic (exact) mass is 644 g/mol. The van der Waals surface area contributed by atoms with E-state index in [1.165, 1.54) is 33.2 Å². The molecular weight excluding hydrogens is 591 g/mol. The van der Waals surface area contributed by atoms with Gasteiger partial charge in [-0.05, 0) is 53.1 Å². The standard InChI is InChI=1S/C43H53FN4/c1-10-13-16-28-23-29-20-22-47-40-37(29)32(24-28)42(7,8)39-33(44)19-18-31(38(39)40)30(26-43(47,11-2)12-3)27-48-35(25-36(45-48)41(4,5)6)34-17-14-15-21-46(34)9/h14-15,17-25,30H,10-13,16,26-27H2,1-9H3/q+2. The number of unbranched alkanes of at least 4 members (excludes halogenated alkanes) is 1. The van der Waals surface area contributed by atoms with Crippen molar-refractivity contribution in [2.45, 2.75) is 123 Å². The molecule has 0 saturated carbocycles. The third kappa shape index (κ3) is 4.94. The highest BCUT2D eigenvalue weighted by Crippen LogP contribution is 2.54. The van der Waals surface area contributed by atoms with Crippen molar-refractivity contribution in [2.75, 3.05) is 0 Å². The molecule has 1 aliphatic heterocycles. The van der Waals surface area contributed by atoms with Crippen LogP contribution in [0.2, 0.25) is 0 Å². The zero-order valence-electron chi connectivity index (χ0n) is 30.5. The summed E-state index contributed by atoms with van der Waals surface area (Å²) in [5.41, 5.74) is 9.70. The van der Waals surface area contributed by atoms with Crippen molar-refractivity contribution >= 4 is 10.8 Å². The van der Waals surface area contributed by atoms with Gasteiger partial charge in [0.25, 0.3) is 0 Å². The molecule has 1 aliphatic carbocycles. The van der Waals surface area contributed by atoms with Crippen molar-refractivity contribution in [2.24, 2.45) is 7.05 Å². The van der Waals surface area contributed by atoms with Crippen LogP contribution in [0.4, 0.5) is 4.39 Å². The Balaban J connectivity index is 1.51. The Hall–Kier alpha value is -3.86. The average Bonchev–Trinajstić information content (AvgIpc) is 3.44. The lowest BCUT2D eigenvalue weighted by Crippen LogP contribution is -2.57. The first-order chi connectivity index (χ1) is 22.8. The van der Waals surface area contributed by atoms with Gasteiger partial charge in [0.2, 0.25) is 11.4 Å². The van der Waals surface area contributed by atoms with Crippen molar-refractivity contribution < 1.29 is 13.5 Å².